The van der Waals surface area contributed by atoms with Crippen LogP contribution in [0.15, 0.2) is 47.5 Å². The summed E-state index contributed by atoms with van der Waals surface area (Å²) in [6, 6.07) is 9.82. The number of piperidine rings is 2. The van der Waals surface area contributed by atoms with Crippen LogP contribution in [0.4, 0.5) is 11.4 Å². The number of ether oxygens (including phenoxy) is 1. The molecule has 2 N–H and O–H groups in total. The van der Waals surface area contributed by atoms with Gasteiger partial charge in [-0.25, -0.2) is 4.79 Å². The Kier molecular flexibility index (Phi) is 10.6. The van der Waals surface area contributed by atoms with Crippen LogP contribution in [0, 0.1) is 5.92 Å². The highest BCUT2D eigenvalue weighted by Crippen LogP contribution is 2.37. The van der Waals surface area contributed by atoms with Crippen molar-refractivity contribution in [3.8, 4) is 5.75 Å². The Bertz CT molecular complexity index is 2400. The molecule has 3 aliphatic rings. The van der Waals surface area contributed by atoms with Crippen molar-refractivity contribution in [3.05, 3.63) is 63.9 Å². The molecule has 302 valence electrons. The first-order valence-electron chi connectivity index (χ1n) is 20.0. The van der Waals surface area contributed by atoms with Crippen LogP contribution < -0.4 is 26.0 Å². The molecule has 3 aromatic heterocycles. The molecule has 1 unspecified atom stereocenters. The van der Waals surface area contributed by atoms with Gasteiger partial charge in [0.15, 0.2) is 5.69 Å². The van der Waals surface area contributed by atoms with Crippen LogP contribution >= 0.6 is 11.6 Å². The van der Waals surface area contributed by atoms with E-state index < -0.39 is 17.9 Å². The Morgan fingerprint density at radius 2 is 1.79 bits per heavy atom. The minimum absolute atomic E-state index is 0.0748. The summed E-state index contributed by atoms with van der Waals surface area (Å²) in [7, 11) is 5.59. The number of methoxy groups -OCH3 is 1. The smallest absolute Gasteiger partial charge is 0.329 e. The second-order valence-electron chi connectivity index (χ2n) is 16.2. The van der Waals surface area contributed by atoms with E-state index in [1.807, 2.05) is 38.1 Å². The molecule has 0 spiro atoms. The summed E-state index contributed by atoms with van der Waals surface area (Å²) < 4.78 is 12.6. The van der Waals surface area contributed by atoms with Crippen LogP contribution in [0.1, 0.15) is 93.8 Å². The first kappa shape index (κ1) is 38.7. The lowest BCUT2D eigenvalue weighted by Gasteiger charge is -2.40. The van der Waals surface area contributed by atoms with Crippen molar-refractivity contribution in [3.63, 3.8) is 0 Å². The van der Waals surface area contributed by atoms with Crippen molar-refractivity contribution in [1.82, 2.24) is 38.9 Å². The molecule has 2 aromatic carbocycles. The van der Waals surface area contributed by atoms with Crippen molar-refractivity contribution in [2.75, 3.05) is 44.0 Å². The number of aryl methyl sites for hydroxylation is 1. The number of amides is 3. The SMILES string of the molecule is COc1cc2nn([C@H]3CC[C@H](CN(C)C4CCN(c5cccc6c5n(C)c(=O)n6C5CCC(=O)NC5=O)CC4)CC3)cc2cc1NC(=O)c1nn(C(C)C)cc1Cl. The maximum atomic E-state index is 13.5. The number of halogens is 1. The molecule has 0 bridgehead atoms. The van der Waals surface area contributed by atoms with E-state index in [1.54, 1.807) is 34.2 Å². The van der Waals surface area contributed by atoms with E-state index in [9.17, 15) is 19.2 Å². The van der Waals surface area contributed by atoms with Crippen LogP contribution in [0.25, 0.3) is 21.9 Å². The second kappa shape index (κ2) is 15.7. The van der Waals surface area contributed by atoms with E-state index in [2.05, 4.69) is 49.5 Å². The van der Waals surface area contributed by atoms with Gasteiger partial charge in [-0.2, -0.15) is 10.2 Å². The predicted octanol–water partition coefficient (Wildman–Crippen LogP) is 5.69. The predicted molar refractivity (Wildman–Crippen MR) is 219 cm³/mol. The molecule has 0 radical (unpaired) electrons. The number of rotatable bonds is 10. The fraction of sp³-hybridized carbons (Fsp3) is 0.512. The molecule has 3 fully saturated rings. The minimum Gasteiger partial charge on any atom is -0.494 e. The number of carbonyl (C=O) groups excluding carboxylic acids is 3. The number of anilines is 2. The third kappa shape index (κ3) is 7.42. The van der Waals surface area contributed by atoms with Gasteiger partial charge in [-0.05, 0) is 90.0 Å². The number of benzene rings is 2. The maximum Gasteiger partial charge on any atom is 0.329 e. The number of nitrogens with one attached hydrogen (secondary N) is 2. The fourth-order valence-corrected chi connectivity index (χ4v) is 9.32. The lowest BCUT2D eigenvalue weighted by Crippen LogP contribution is -2.45. The van der Waals surface area contributed by atoms with Gasteiger partial charge in [0.2, 0.25) is 11.8 Å². The van der Waals surface area contributed by atoms with Gasteiger partial charge in [0.25, 0.3) is 5.91 Å². The zero-order valence-electron chi connectivity index (χ0n) is 33.2. The first-order chi connectivity index (χ1) is 27.4. The van der Waals surface area contributed by atoms with E-state index >= 15 is 0 Å². The Hall–Kier alpha value is -5.15. The number of hydrogen-bond donors (Lipinski definition) is 2. The summed E-state index contributed by atoms with van der Waals surface area (Å²) >= 11 is 6.34. The summed E-state index contributed by atoms with van der Waals surface area (Å²) in [4.78, 5) is 56.0. The van der Waals surface area contributed by atoms with Crippen LogP contribution in [0.5, 0.6) is 5.75 Å². The maximum absolute atomic E-state index is 13.5. The van der Waals surface area contributed by atoms with Crippen LogP contribution in [0.2, 0.25) is 5.02 Å². The quantitative estimate of drug-likeness (QED) is 0.170. The highest BCUT2D eigenvalue weighted by Gasteiger charge is 2.33. The van der Waals surface area contributed by atoms with Gasteiger partial charge in [0.05, 0.1) is 46.1 Å². The molecule has 57 heavy (non-hydrogen) atoms. The lowest BCUT2D eigenvalue weighted by molar-refractivity contribution is -0.135. The van der Waals surface area contributed by atoms with Gasteiger partial charge in [0, 0.05) is 69.0 Å². The average Bonchev–Trinajstić information content (AvgIpc) is 3.88. The Labute approximate surface area is 335 Å². The topological polar surface area (TPSA) is 154 Å². The highest BCUT2D eigenvalue weighted by atomic mass is 35.5. The first-order valence-corrected chi connectivity index (χ1v) is 20.4. The number of fused-ring (bicyclic) bond motifs is 2. The summed E-state index contributed by atoms with van der Waals surface area (Å²) in [5, 5.41) is 15.9. The molecule has 8 rings (SSSR count). The molecule has 1 aliphatic carbocycles. The van der Waals surface area contributed by atoms with Gasteiger partial charge in [-0.3, -0.25) is 38.2 Å². The summed E-state index contributed by atoms with van der Waals surface area (Å²) in [5.41, 5.74) is 3.81. The largest absolute Gasteiger partial charge is 0.494 e. The highest BCUT2D eigenvalue weighted by molar-refractivity contribution is 6.34. The van der Waals surface area contributed by atoms with Crippen LogP contribution in [-0.4, -0.2) is 91.2 Å². The Balaban J connectivity index is 0.866. The third-order valence-corrected chi connectivity index (χ3v) is 12.6. The summed E-state index contributed by atoms with van der Waals surface area (Å²) in [6.45, 7) is 6.75. The third-order valence-electron chi connectivity index (χ3n) is 12.3. The van der Waals surface area contributed by atoms with Crippen LogP contribution in [0.3, 0.4) is 0 Å². The van der Waals surface area contributed by atoms with Gasteiger partial charge in [-0.15, -0.1) is 0 Å². The molecule has 2 saturated heterocycles. The Morgan fingerprint density at radius 3 is 2.47 bits per heavy atom. The van der Waals surface area contributed by atoms with E-state index in [0.29, 0.717) is 40.9 Å². The molecule has 5 aromatic rings. The van der Waals surface area contributed by atoms with Gasteiger partial charge in [0.1, 0.15) is 11.8 Å². The molecule has 3 amide bonds. The van der Waals surface area contributed by atoms with Gasteiger partial charge in [-0.1, -0.05) is 17.7 Å². The molecule has 1 saturated carbocycles. The normalized spacial score (nSPS) is 20.9. The number of imidazole rings is 1. The number of nitrogens with zero attached hydrogens (tertiary/aromatic N) is 8. The van der Waals surface area contributed by atoms with E-state index in [1.165, 1.54) is 0 Å². The minimum atomic E-state index is -0.700. The zero-order valence-corrected chi connectivity index (χ0v) is 34.0. The molecule has 16 heteroatoms. The molecule has 15 nitrogen and oxygen atoms in total. The summed E-state index contributed by atoms with van der Waals surface area (Å²) in [6.07, 6.45) is 10.6. The molecular formula is C41H51ClN10O5. The number of hydrogen-bond acceptors (Lipinski definition) is 9. The standard InChI is InChI=1S/C41H51ClN10O5/c1-24(2)50-23-29(42)37(46-50)40(55)43-31-19-26-22-51(45-30(26)20-35(31)57-5)28-11-9-25(10-12-28)21-47(3)27-15-17-49(18-16-27)32-7-6-8-33-38(32)48(4)41(56)52(33)34-13-14-36(53)44-39(34)54/h6-8,19-20,22-25,27-28,34H,9-18,21H2,1-5H3,(H,43,55)(H,44,53,54)/t25-,28-,34?. The van der Waals surface area contributed by atoms with Crippen molar-refractivity contribution < 1.29 is 19.1 Å². The van der Waals surface area contributed by atoms with Crippen LogP contribution in [-0.2, 0) is 16.6 Å². The number of para-hydroxylation sites is 1. The average molecular weight is 799 g/mol. The Morgan fingerprint density at radius 1 is 1.04 bits per heavy atom. The molecular weight excluding hydrogens is 748 g/mol. The van der Waals surface area contributed by atoms with Crippen molar-refractivity contribution in [2.24, 2.45) is 13.0 Å². The van der Waals surface area contributed by atoms with E-state index in [4.69, 9.17) is 21.4 Å². The monoisotopic (exact) mass is 798 g/mol. The molecule has 5 heterocycles. The summed E-state index contributed by atoms with van der Waals surface area (Å²) in [5.74, 6) is 0.00982. The fourth-order valence-electron chi connectivity index (χ4n) is 9.09. The van der Waals surface area contributed by atoms with Crippen molar-refractivity contribution in [2.45, 2.75) is 89.4 Å². The van der Waals surface area contributed by atoms with Crippen molar-refractivity contribution >= 4 is 62.6 Å². The van der Waals surface area contributed by atoms with E-state index in [0.717, 1.165) is 85.8 Å². The number of imide groups is 1. The number of carbonyl (C=O) groups is 3. The number of aromatic nitrogens is 6. The van der Waals surface area contributed by atoms with Gasteiger partial charge < -0.3 is 19.9 Å². The van der Waals surface area contributed by atoms with Gasteiger partial charge >= 0.3 is 5.69 Å². The van der Waals surface area contributed by atoms with Crippen molar-refractivity contribution in [1.29, 1.82) is 0 Å². The zero-order chi connectivity index (χ0) is 40.1. The van der Waals surface area contributed by atoms with E-state index in [-0.39, 0.29) is 29.8 Å². The molecule has 1 atom stereocenters. The lowest BCUT2D eigenvalue weighted by atomic mass is 9.85. The second-order valence-corrected chi connectivity index (χ2v) is 16.6. The molecule has 2 aliphatic heterocycles.